The lowest BCUT2D eigenvalue weighted by molar-refractivity contribution is -0.150. The van der Waals surface area contributed by atoms with Gasteiger partial charge in [0.15, 0.2) is 0 Å². The van der Waals surface area contributed by atoms with Crippen molar-refractivity contribution in [2.75, 3.05) is 0 Å². The Morgan fingerprint density at radius 3 is 1.51 bits per heavy atom. The highest BCUT2D eigenvalue weighted by molar-refractivity contribution is 5.69. The van der Waals surface area contributed by atoms with Gasteiger partial charge in [-0.15, -0.1) is 0 Å². The van der Waals surface area contributed by atoms with Gasteiger partial charge in [-0.1, -0.05) is 120 Å². The van der Waals surface area contributed by atoms with Gasteiger partial charge in [0.2, 0.25) is 0 Å². The minimum absolute atomic E-state index is 0.0597. The molecule has 0 aromatic heterocycles. The Kier molecular flexibility index (Phi) is 30.8. The molecule has 0 aromatic carbocycles. The highest BCUT2D eigenvalue weighted by Crippen LogP contribution is 2.17. The van der Waals surface area contributed by atoms with Gasteiger partial charge in [-0.25, -0.2) is 0 Å². The molecule has 0 heterocycles. The summed E-state index contributed by atoms with van der Waals surface area (Å²) in [6.07, 6.45) is 42.6. The SMILES string of the molecule is CCCCC/C=C\C/C=C\C/C=C\C/C=C\CCCCCC(=O)OC(CCCCCCCCC)CCCCC(=O)O. The molecule has 0 saturated heterocycles. The van der Waals surface area contributed by atoms with Gasteiger partial charge < -0.3 is 9.84 Å². The van der Waals surface area contributed by atoms with E-state index in [4.69, 9.17) is 9.84 Å². The van der Waals surface area contributed by atoms with Crippen LogP contribution in [-0.2, 0) is 14.3 Å². The van der Waals surface area contributed by atoms with Gasteiger partial charge in [-0.05, 0) is 83.5 Å². The largest absolute Gasteiger partial charge is 0.481 e. The molecule has 0 bridgehead atoms. The molecule has 4 heteroatoms. The van der Waals surface area contributed by atoms with Crippen molar-refractivity contribution in [3.8, 4) is 0 Å². The van der Waals surface area contributed by atoms with Crippen LogP contribution in [0.1, 0.15) is 168 Å². The second-order valence-corrected chi connectivity index (χ2v) is 11.3. The van der Waals surface area contributed by atoms with Gasteiger partial charge >= 0.3 is 11.9 Å². The zero-order valence-corrected chi connectivity index (χ0v) is 26.8. The van der Waals surface area contributed by atoms with Crippen molar-refractivity contribution in [1.29, 1.82) is 0 Å². The second kappa shape index (κ2) is 32.4. The Bertz CT molecular complexity index is 704. The fourth-order valence-electron chi connectivity index (χ4n) is 4.75. The van der Waals surface area contributed by atoms with Crippen LogP contribution in [0.2, 0.25) is 0 Å². The number of hydrogen-bond acceptors (Lipinski definition) is 3. The third-order valence-electron chi connectivity index (χ3n) is 7.30. The molecule has 0 fully saturated rings. The number of allylic oxidation sites excluding steroid dienone is 8. The van der Waals surface area contributed by atoms with Crippen LogP contribution in [0.25, 0.3) is 0 Å². The predicted molar refractivity (Wildman–Crippen MR) is 176 cm³/mol. The number of hydrogen-bond donors (Lipinski definition) is 1. The number of carbonyl (C=O) groups excluding carboxylic acids is 1. The average Bonchev–Trinajstić information content (AvgIpc) is 2.95. The smallest absolute Gasteiger partial charge is 0.306 e. The molecule has 41 heavy (non-hydrogen) atoms. The van der Waals surface area contributed by atoms with Crippen molar-refractivity contribution in [2.24, 2.45) is 0 Å². The van der Waals surface area contributed by atoms with E-state index < -0.39 is 5.97 Å². The average molecular weight is 573 g/mol. The molecule has 1 unspecified atom stereocenters. The molecule has 1 atom stereocenters. The van der Waals surface area contributed by atoms with Crippen LogP contribution in [0.4, 0.5) is 0 Å². The lowest BCUT2D eigenvalue weighted by Gasteiger charge is -2.18. The molecular formula is C37H64O4. The van der Waals surface area contributed by atoms with Gasteiger partial charge in [-0.2, -0.15) is 0 Å². The monoisotopic (exact) mass is 572 g/mol. The van der Waals surface area contributed by atoms with Crippen LogP contribution in [-0.4, -0.2) is 23.1 Å². The lowest BCUT2D eigenvalue weighted by atomic mass is 10.0. The van der Waals surface area contributed by atoms with Gasteiger partial charge in [0.05, 0.1) is 0 Å². The highest BCUT2D eigenvalue weighted by atomic mass is 16.5. The summed E-state index contributed by atoms with van der Waals surface area (Å²) in [7, 11) is 0. The zero-order chi connectivity index (χ0) is 30.1. The third kappa shape index (κ3) is 32.3. The molecule has 0 saturated carbocycles. The maximum atomic E-state index is 12.4. The van der Waals surface area contributed by atoms with Crippen molar-refractivity contribution in [2.45, 2.75) is 174 Å². The highest BCUT2D eigenvalue weighted by Gasteiger charge is 2.14. The number of carboxylic acids is 1. The Hall–Kier alpha value is -2.10. The standard InChI is InChI=1S/C37H64O4/c1-3-5-7-9-11-12-13-14-15-16-17-18-19-20-21-22-24-26-28-34-37(40)41-35(32-29-30-33-36(38)39)31-27-25-23-10-8-6-4-2/h11-12,14-15,17-18,20-21,35H,3-10,13,16,19,22-34H2,1-2H3,(H,38,39)/b12-11-,15-14-,18-17-,21-20-. The summed E-state index contributed by atoms with van der Waals surface area (Å²) in [5.41, 5.74) is 0. The van der Waals surface area contributed by atoms with E-state index in [0.717, 1.165) is 70.6 Å². The summed E-state index contributed by atoms with van der Waals surface area (Å²) in [6.45, 7) is 4.47. The van der Waals surface area contributed by atoms with E-state index in [-0.39, 0.29) is 18.5 Å². The molecule has 0 aliphatic heterocycles. The Labute approximate surface area is 253 Å². The van der Waals surface area contributed by atoms with E-state index in [2.05, 4.69) is 62.5 Å². The normalized spacial score (nSPS) is 12.8. The number of esters is 1. The Morgan fingerprint density at radius 2 is 0.951 bits per heavy atom. The quantitative estimate of drug-likeness (QED) is 0.0528. The molecule has 236 valence electrons. The second-order valence-electron chi connectivity index (χ2n) is 11.3. The molecular weight excluding hydrogens is 508 g/mol. The van der Waals surface area contributed by atoms with Gasteiger partial charge in [0, 0.05) is 12.8 Å². The molecule has 0 spiro atoms. The summed E-state index contributed by atoms with van der Waals surface area (Å²) in [4.78, 5) is 23.2. The van der Waals surface area contributed by atoms with E-state index in [0.29, 0.717) is 12.8 Å². The van der Waals surface area contributed by atoms with Crippen LogP contribution in [0, 0.1) is 0 Å². The molecule has 0 amide bonds. The first-order valence-electron chi connectivity index (χ1n) is 17.1. The summed E-state index contributed by atoms with van der Waals surface area (Å²) < 4.78 is 5.82. The summed E-state index contributed by atoms with van der Waals surface area (Å²) in [5.74, 6) is -0.842. The summed E-state index contributed by atoms with van der Waals surface area (Å²) in [6, 6.07) is 0. The van der Waals surface area contributed by atoms with Crippen LogP contribution >= 0.6 is 0 Å². The van der Waals surface area contributed by atoms with Crippen molar-refractivity contribution in [3.63, 3.8) is 0 Å². The minimum Gasteiger partial charge on any atom is -0.481 e. The molecule has 0 aromatic rings. The molecule has 1 N–H and O–H groups in total. The summed E-state index contributed by atoms with van der Waals surface area (Å²) >= 11 is 0. The molecule has 0 rings (SSSR count). The van der Waals surface area contributed by atoms with Crippen molar-refractivity contribution >= 4 is 11.9 Å². The van der Waals surface area contributed by atoms with Gasteiger partial charge in [-0.3, -0.25) is 9.59 Å². The number of ether oxygens (including phenoxy) is 1. The Morgan fingerprint density at radius 1 is 0.537 bits per heavy atom. The predicted octanol–water partition coefficient (Wildman–Crippen LogP) is 11.6. The van der Waals surface area contributed by atoms with E-state index >= 15 is 0 Å². The van der Waals surface area contributed by atoms with Crippen LogP contribution in [0.5, 0.6) is 0 Å². The first-order chi connectivity index (χ1) is 20.1. The van der Waals surface area contributed by atoms with E-state index in [1.165, 1.54) is 64.2 Å². The maximum absolute atomic E-state index is 12.4. The lowest BCUT2D eigenvalue weighted by Crippen LogP contribution is -2.18. The fourth-order valence-corrected chi connectivity index (χ4v) is 4.75. The van der Waals surface area contributed by atoms with Crippen molar-refractivity contribution < 1.29 is 19.4 Å². The van der Waals surface area contributed by atoms with Gasteiger partial charge in [0.1, 0.15) is 6.10 Å². The Balaban J connectivity index is 3.93. The minimum atomic E-state index is -0.753. The first-order valence-corrected chi connectivity index (χ1v) is 17.1. The molecule has 0 aliphatic rings. The van der Waals surface area contributed by atoms with Crippen molar-refractivity contribution in [3.05, 3.63) is 48.6 Å². The van der Waals surface area contributed by atoms with E-state index in [1.54, 1.807) is 0 Å². The topological polar surface area (TPSA) is 63.6 Å². The number of aliphatic carboxylic acids is 1. The van der Waals surface area contributed by atoms with Crippen LogP contribution in [0.15, 0.2) is 48.6 Å². The van der Waals surface area contributed by atoms with E-state index in [9.17, 15) is 9.59 Å². The zero-order valence-electron chi connectivity index (χ0n) is 26.8. The fraction of sp³-hybridized carbons (Fsp3) is 0.730. The molecule has 0 radical (unpaired) electrons. The maximum Gasteiger partial charge on any atom is 0.306 e. The van der Waals surface area contributed by atoms with Gasteiger partial charge in [0.25, 0.3) is 0 Å². The first kappa shape index (κ1) is 38.9. The number of unbranched alkanes of at least 4 members (excludes halogenated alkanes) is 13. The third-order valence-corrected chi connectivity index (χ3v) is 7.30. The van der Waals surface area contributed by atoms with Crippen LogP contribution < -0.4 is 0 Å². The molecule has 4 nitrogen and oxygen atoms in total. The van der Waals surface area contributed by atoms with Crippen molar-refractivity contribution in [1.82, 2.24) is 0 Å². The number of carboxylic acid groups (broad SMARTS) is 1. The number of rotatable bonds is 30. The molecule has 0 aliphatic carbocycles. The summed E-state index contributed by atoms with van der Waals surface area (Å²) in [5, 5.41) is 8.88. The van der Waals surface area contributed by atoms with E-state index in [1.807, 2.05) is 0 Å². The number of carbonyl (C=O) groups is 2. The van der Waals surface area contributed by atoms with Crippen LogP contribution in [0.3, 0.4) is 0 Å².